The van der Waals surface area contributed by atoms with Crippen molar-refractivity contribution in [3.8, 4) is 0 Å². The topological polar surface area (TPSA) is 84.0 Å². The van der Waals surface area contributed by atoms with E-state index in [4.69, 9.17) is 0 Å². The van der Waals surface area contributed by atoms with E-state index in [0.717, 1.165) is 23.4 Å². The Morgan fingerprint density at radius 3 is 2.48 bits per heavy atom. The van der Waals surface area contributed by atoms with Crippen LogP contribution in [0.25, 0.3) is 0 Å². The maximum Gasteiger partial charge on any atom is 0.337 e. The van der Waals surface area contributed by atoms with Gasteiger partial charge < -0.3 is 9.64 Å². The fourth-order valence-corrected chi connectivity index (χ4v) is 3.63. The number of hydrogen-bond acceptors (Lipinski definition) is 5. The summed E-state index contributed by atoms with van der Waals surface area (Å²) in [7, 11) is -2.42. The van der Waals surface area contributed by atoms with Crippen LogP contribution in [0.5, 0.6) is 0 Å². The molecule has 8 heteroatoms. The zero-order valence-corrected chi connectivity index (χ0v) is 15.6. The van der Waals surface area contributed by atoms with Crippen molar-refractivity contribution in [2.75, 3.05) is 37.3 Å². The number of methoxy groups -OCH3 is 1. The molecule has 0 radical (unpaired) electrons. The van der Waals surface area contributed by atoms with Gasteiger partial charge in [-0.05, 0) is 37.0 Å². The minimum absolute atomic E-state index is 0.230. The predicted molar refractivity (Wildman–Crippen MR) is 94.9 cm³/mol. The van der Waals surface area contributed by atoms with E-state index in [0.29, 0.717) is 19.0 Å². The summed E-state index contributed by atoms with van der Waals surface area (Å²) in [5, 5.41) is 0. The molecule has 1 heterocycles. The Morgan fingerprint density at radius 2 is 1.92 bits per heavy atom. The van der Waals surface area contributed by atoms with Crippen LogP contribution in [-0.4, -0.2) is 58.2 Å². The van der Waals surface area contributed by atoms with Gasteiger partial charge in [0.1, 0.15) is 6.54 Å². The molecule has 1 aliphatic heterocycles. The average Bonchev–Trinajstić information content (AvgIpc) is 2.58. The van der Waals surface area contributed by atoms with E-state index < -0.39 is 16.0 Å². The van der Waals surface area contributed by atoms with E-state index in [1.165, 1.54) is 19.2 Å². The Hall–Kier alpha value is -2.09. The molecule has 138 valence electrons. The van der Waals surface area contributed by atoms with Gasteiger partial charge in [0.25, 0.3) is 0 Å². The Balaban J connectivity index is 2.23. The highest BCUT2D eigenvalue weighted by atomic mass is 32.2. The lowest BCUT2D eigenvalue weighted by atomic mass is 9.99. The number of hydrogen-bond donors (Lipinski definition) is 0. The summed E-state index contributed by atoms with van der Waals surface area (Å²) in [6, 6.07) is 6.06. The third-order valence-corrected chi connectivity index (χ3v) is 5.51. The van der Waals surface area contributed by atoms with Gasteiger partial charge in [0.2, 0.25) is 15.9 Å². The van der Waals surface area contributed by atoms with Crippen molar-refractivity contribution < 1.29 is 22.7 Å². The number of nitrogens with zero attached hydrogens (tertiary/aromatic N) is 2. The van der Waals surface area contributed by atoms with Crippen LogP contribution in [0.15, 0.2) is 24.3 Å². The lowest BCUT2D eigenvalue weighted by Crippen LogP contribution is -2.45. The molecule has 0 spiro atoms. The van der Waals surface area contributed by atoms with Crippen LogP contribution in [-0.2, 0) is 19.6 Å². The molecular weight excluding hydrogens is 344 g/mol. The van der Waals surface area contributed by atoms with Gasteiger partial charge in [0.05, 0.1) is 24.6 Å². The number of piperidine rings is 1. The first-order valence-electron chi connectivity index (χ1n) is 8.16. The Kier molecular flexibility index (Phi) is 6.05. The Labute approximate surface area is 148 Å². The number of sulfonamides is 1. The van der Waals surface area contributed by atoms with Crippen molar-refractivity contribution in [3.05, 3.63) is 29.8 Å². The molecule has 0 aliphatic carbocycles. The minimum Gasteiger partial charge on any atom is -0.465 e. The van der Waals surface area contributed by atoms with E-state index in [1.54, 1.807) is 17.0 Å². The van der Waals surface area contributed by atoms with Crippen molar-refractivity contribution in [1.82, 2.24) is 4.90 Å². The summed E-state index contributed by atoms with van der Waals surface area (Å²) < 4.78 is 30.1. The maximum atomic E-state index is 12.5. The zero-order valence-electron chi connectivity index (χ0n) is 14.8. The summed E-state index contributed by atoms with van der Waals surface area (Å²) in [6.07, 6.45) is 2.88. The highest BCUT2D eigenvalue weighted by Gasteiger charge is 2.26. The number of amides is 1. The first-order valence-corrected chi connectivity index (χ1v) is 10.0. The van der Waals surface area contributed by atoms with E-state index in [2.05, 4.69) is 11.7 Å². The fourth-order valence-electron chi connectivity index (χ4n) is 2.79. The van der Waals surface area contributed by atoms with Crippen LogP contribution in [0, 0.1) is 5.92 Å². The smallest absolute Gasteiger partial charge is 0.337 e. The molecule has 0 unspecified atom stereocenters. The number of anilines is 1. The second kappa shape index (κ2) is 7.86. The molecule has 1 fully saturated rings. The van der Waals surface area contributed by atoms with Crippen LogP contribution < -0.4 is 4.31 Å². The van der Waals surface area contributed by atoms with Crippen molar-refractivity contribution in [1.29, 1.82) is 0 Å². The van der Waals surface area contributed by atoms with Crippen molar-refractivity contribution in [2.24, 2.45) is 5.92 Å². The molecule has 1 aliphatic rings. The molecule has 1 saturated heterocycles. The molecule has 0 bridgehead atoms. The quantitative estimate of drug-likeness (QED) is 0.736. The summed E-state index contributed by atoms with van der Waals surface area (Å²) in [4.78, 5) is 25.9. The van der Waals surface area contributed by atoms with Crippen LogP contribution >= 0.6 is 0 Å². The summed E-state index contributed by atoms with van der Waals surface area (Å²) in [5.74, 6) is -0.223. The molecule has 0 atom stereocenters. The molecule has 2 rings (SSSR count). The molecule has 0 N–H and O–H groups in total. The normalized spacial score (nSPS) is 15.7. The van der Waals surface area contributed by atoms with Gasteiger partial charge in [-0.25, -0.2) is 13.2 Å². The van der Waals surface area contributed by atoms with Crippen molar-refractivity contribution >= 4 is 27.6 Å². The van der Waals surface area contributed by atoms with Gasteiger partial charge in [-0.1, -0.05) is 13.0 Å². The summed E-state index contributed by atoms with van der Waals surface area (Å²) >= 11 is 0. The highest BCUT2D eigenvalue weighted by molar-refractivity contribution is 7.92. The lowest BCUT2D eigenvalue weighted by Gasteiger charge is -2.32. The molecule has 25 heavy (non-hydrogen) atoms. The van der Waals surface area contributed by atoms with Crippen molar-refractivity contribution in [2.45, 2.75) is 19.8 Å². The van der Waals surface area contributed by atoms with Gasteiger partial charge in [-0.15, -0.1) is 0 Å². The maximum absolute atomic E-state index is 12.5. The number of carbonyl (C=O) groups excluding carboxylic acids is 2. The number of ether oxygens (including phenoxy) is 1. The van der Waals surface area contributed by atoms with E-state index >= 15 is 0 Å². The molecule has 1 aromatic carbocycles. The molecule has 0 saturated carbocycles. The van der Waals surface area contributed by atoms with Gasteiger partial charge in [0.15, 0.2) is 0 Å². The second-order valence-corrected chi connectivity index (χ2v) is 8.28. The van der Waals surface area contributed by atoms with E-state index in [9.17, 15) is 18.0 Å². The van der Waals surface area contributed by atoms with Gasteiger partial charge >= 0.3 is 5.97 Å². The Bertz CT molecular complexity index is 739. The van der Waals surface area contributed by atoms with E-state index in [-0.39, 0.29) is 23.7 Å². The molecule has 7 nitrogen and oxygen atoms in total. The average molecular weight is 368 g/mol. The fraction of sp³-hybridized carbons (Fsp3) is 0.529. The van der Waals surface area contributed by atoms with Crippen molar-refractivity contribution in [3.63, 3.8) is 0 Å². The predicted octanol–water partition coefficient (Wildman–Crippen LogP) is 1.50. The third-order valence-electron chi connectivity index (χ3n) is 4.37. The Morgan fingerprint density at radius 1 is 1.28 bits per heavy atom. The summed E-state index contributed by atoms with van der Waals surface area (Å²) in [6.45, 7) is 3.14. The largest absolute Gasteiger partial charge is 0.465 e. The van der Waals surface area contributed by atoms with Crippen LogP contribution in [0.2, 0.25) is 0 Å². The number of benzene rings is 1. The SMILES string of the molecule is COC(=O)c1cccc(N(CC(=O)N2CCC(C)CC2)S(C)(=O)=O)c1. The van der Waals surface area contributed by atoms with Crippen LogP contribution in [0.3, 0.4) is 0 Å². The third kappa shape index (κ3) is 4.94. The van der Waals surface area contributed by atoms with Crippen LogP contribution in [0.4, 0.5) is 5.69 Å². The minimum atomic E-state index is -3.68. The molecule has 1 amide bonds. The lowest BCUT2D eigenvalue weighted by molar-refractivity contribution is -0.130. The standard InChI is InChI=1S/C17H24N2O5S/c1-13-7-9-18(10-8-13)16(20)12-19(25(3,22)23)15-6-4-5-14(11-15)17(21)24-2/h4-6,11,13H,7-10,12H2,1-3H3. The van der Waals surface area contributed by atoms with Gasteiger partial charge in [0, 0.05) is 13.1 Å². The van der Waals surface area contributed by atoms with Gasteiger partial charge in [-0.2, -0.15) is 0 Å². The molecule has 1 aromatic rings. The zero-order chi connectivity index (χ0) is 18.6. The molecular formula is C17H24N2O5S. The highest BCUT2D eigenvalue weighted by Crippen LogP contribution is 2.21. The number of rotatable bonds is 5. The first kappa shape index (κ1) is 19.2. The first-order chi connectivity index (χ1) is 11.7. The van der Waals surface area contributed by atoms with Gasteiger partial charge in [-0.3, -0.25) is 9.10 Å². The number of likely N-dealkylation sites (tertiary alicyclic amines) is 1. The number of esters is 1. The van der Waals surface area contributed by atoms with E-state index in [1.807, 2.05) is 0 Å². The monoisotopic (exact) mass is 368 g/mol. The second-order valence-electron chi connectivity index (χ2n) is 6.37. The number of carbonyl (C=O) groups is 2. The summed E-state index contributed by atoms with van der Waals surface area (Å²) in [5.41, 5.74) is 0.497. The van der Waals surface area contributed by atoms with Crippen LogP contribution in [0.1, 0.15) is 30.1 Å². The molecule has 0 aromatic heterocycles.